The van der Waals surface area contributed by atoms with Crippen molar-refractivity contribution in [2.24, 2.45) is 0 Å². The summed E-state index contributed by atoms with van der Waals surface area (Å²) in [5, 5.41) is 2.58. The Morgan fingerprint density at radius 1 is 0.373 bits per heavy atom. The summed E-state index contributed by atoms with van der Waals surface area (Å²) in [6.07, 6.45) is 0. The molecule has 10 aromatic carbocycles. The molecule has 1 aromatic heterocycles. The van der Waals surface area contributed by atoms with Crippen molar-refractivity contribution in [2.45, 2.75) is 24.7 Å². The summed E-state index contributed by atoms with van der Waals surface area (Å²) in [4.78, 5) is 4.93. The van der Waals surface area contributed by atoms with E-state index >= 15 is 0 Å². The molecule has 0 saturated carbocycles. The second-order valence-corrected chi connectivity index (χ2v) is 19.8. The van der Waals surface area contributed by atoms with Gasteiger partial charge in [0.1, 0.15) is 0 Å². The van der Waals surface area contributed by atoms with Gasteiger partial charge in [-0.15, -0.1) is 11.3 Å². The normalized spacial score (nSPS) is 14.3. The minimum atomic E-state index is -0.423. The molecule has 0 bridgehead atoms. The van der Waals surface area contributed by atoms with Gasteiger partial charge in [0.15, 0.2) is 0 Å². The highest BCUT2D eigenvalue weighted by Crippen LogP contribution is 2.63. The third-order valence-electron chi connectivity index (χ3n) is 15.0. The summed E-state index contributed by atoms with van der Waals surface area (Å²) in [7, 11) is 0. The van der Waals surface area contributed by atoms with Crippen molar-refractivity contribution in [3.05, 3.63) is 264 Å². The molecular formula is C64H44N2S. The second-order valence-electron chi connectivity index (χ2n) is 18.8. The van der Waals surface area contributed by atoms with Crippen LogP contribution in [0.3, 0.4) is 0 Å². The van der Waals surface area contributed by atoms with Gasteiger partial charge in [0.25, 0.3) is 0 Å². The number of thiophene rings is 1. The van der Waals surface area contributed by atoms with Gasteiger partial charge in [-0.2, -0.15) is 0 Å². The number of hydrogen-bond acceptors (Lipinski definition) is 3. The zero-order valence-corrected chi connectivity index (χ0v) is 38.1. The Morgan fingerprint density at radius 2 is 0.866 bits per heavy atom. The molecule has 2 aliphatic carbocycles. The highest BCUT2D eigenvalue weighted by Gasteiger charge is 2.51. The van der Waals surface area contributed by atoms with Crippen molar-refractivity contribution >= 4 is 65.6 Å². The van der Waals surface area contributed by atoms with Gasteiger partial charge in [0.2, 0.25) is 0 Å². The molecule has 11 aromatic rings. The van der Waals surface area contributed by atoms with Crippen molar-refractivity contribution in [1.82, 2.24) is 0 Å². The van der Waals surface area contributed by atoms with E-state index in [-0.39, 0.29) is 5.41 Å². The molecule has 0 N–H and O–H groups in total. The van der Waals surface area contributed by atoms with Crippen LogP contribution in [0.1, 0.15) is 47.2 Å². The molecule has 3 aliphatic rings. The van der Waals surface area contributed by atoms with Crippen LogP contribution >= 0.6 is 11.3 Å². The Kier molecular flexibility index (Phi) is 8.15. The molecule has 3 heteroatoms. The quantitative estimate of drug-likeness (QED) is 0.170. The number of anilines is 6. The van der Waals surface area contributed by atoms with Crippen LogP contribution in [0.15, 0.2) is 231 Å². The van der Waals surface area contributed by atoms with Crippen molar-refractivity contribution in [1.29, 1.82) is 0 Å². The number of fused-ring (bicyclic) bond motifs is 15. The van der Waals surface area contributed by atoms with Crippen LogP contribution in [-0.2, 0) is 10.8 Å². The molecule has 0 radical (unpaired) electrons. The van der Waals surface area contributed by atoms with E-state index in [1.807, 2.05) is 11.3 Å². The third-order valence-corrected chi connectivity index (χ3v) is 16.3. The molecule has 0 amide bonds. The molecule has 2 nitrogen and oxygen atoms in total. The fraction of sp³-hybridized carbons (Fsp3) is 0.0625. The molecule has 2 heterocycles. The number of hydrogen-bond donors (Lipinski definition) is 0. The van der Waals surface area contributed by atoms with Gasteiger partial charge in [-0.25, -0.2) is 0 Å². The number of benzene rings is 10. The van der Waals surface area contributed by atoms with E-state index in [1.165, 1.54) is 104 Å². The van der Waals surface area contributed by atoms with E-state index < -0.39 is 5.41 Å². The standard InChI is InChI=1S/C64H44N2S/c1-63(2)56-27-13-15-29-59(56)66(60-30-16-14-28-57(60)63)45-38-51(62-52(39-45)50-23-9-17-31-61(50)67-62)41-32-34-43(35-33-41)65(42-18-4-3-5-19-42)44-36-37-49-48-22-8-12-26-55(48)64(58(49)40-44)53-24-10-6-20-46(53)47-21-7-11-25-54(47)64/h3-40H,1-2H3. The molecule has 67 heavy (non-hydrogen) atoms. The Hall–Kier alpha value is -7.98. The number of nitrogens with zero attached hydrogens (tertiary/aromatic N) is 2. The maximum Gasteiger partial charge on any atom is 0.0726 e. The predicted octanol–water partition coefficient (Wildman–Crippen LogP) is 17.6. The lowest BCUT2D eigenvalue weighted by Crippen LogP contribution is -2.30. The van der Waals surface area contributed by atoms with Crippen molar-refractivity contribution < 1.29 is 0 Å². The van der Waals surface area contributed by atoms with Gasteiger partial charge in [-0.05, 0) is 128 Å². The summed E-state index contributed by atoms with van der Waals surface area (Å²) in [5.74, 6) is 0. The van der Waals surface area contributed by atoms with E-state index in [0.29, 0.717) is 0 Å². The lowest BCUT2D eigenvalue weighted by Gasteiger charge is -2.42. The van der Waals surface area contributed by atoms with E-state index in [9.17, 15) is 0 Å². The predicted molar refractivity (Wildman–Crippen MR) is 283 cm³/mol. The Morgan fingerprint density at radius 3 is 1.49 bits per heavy atom. The van der Waals surface area contributed by atoms with Crippen LogP contribution in [0.5, 0.6) is 0 Å². The molecule has 0 fully saturated rings. The lowest BCUT2D eigenvalue weighted by atomic mass is 9.70. The molecule has 0 saturated heterocycles. The monoisotopic (exact) mass is 872 g/mol. The van der Waals surface area contributed by atoms with Crippen molar-refractivity contribution in [3.63, 3.8) is 0 Å². The topological polar surface area (TPSA) is 6.48 Å². The first kappa shape index (κ1) is 38.3. The summed E-state index contributed by atoms with van der Waals surface area (Å²) in [5.41, 5.74) is 22.1. The molecule has 0 atom stereocenters. The first-order valence-electron chi connectivity index (χ1n) is 23.3. The summed E-state index contributed by atoms with van der Waals surface area (Å²) in [6, 6.07) is 86.2. The Labute approximate surface area is 395 Å². The SMILES string of the molecule is CC1(C)c2ccccc2N(c2cc(-c3ccc(N(c4ccccc4)c4ccc5c(c4)C4(c6ccccc6-c6ccccc64)c4ccccc4-5)cc3)c3sc4ccccc4c3c2)c2ccccc21. The zero-order valence-electron chi connectivity index (χ0n) is 37.2. The van der Waals surface area contributed by atoms with Gasteiger partial charge in [-0.3, -0.25) is 0 Å². The van der Waals surface area contributed by atoms with Crippen LogP contribution in [0.4, 0.5) is 34.1 Å². The van der Waals surface area contributed by atoms with E-state index in [2.05, 4.69) is 254 Å². The summed E-state index contributed by atoms with van der Waals surface area (Å²) >= 11 is 1.89. The highest BCUT2D eigenvalue weighted by molar-refractivity contribution is 7.26. The second kappa shape index (κ2) is 14.3. The molecule has 14 rings (SSSR count). The van der Waals surface area contributed by atoms with Gasteiger partial charge in [0.05, 0.1) is 16.8 Å². The molecule has 1 aliphatic heterocycles. The summed E-state index contributed by atoms with van der Waals surface area (Å²) < 4.78 is 2.60. The number of para-hydroxylation sites is 3. The van der Waals surface area contributed by atoms with Gasteiger partial charge in [-0.1, -0.05) is 178 Å². The maximum absolute atomic E-state index is 2.50. The average Bonchev–Trinajstić information content (AvgIpc) is 4.01. The van der Waals surface area contributed by atoms with Crippen LogP contribution < -0.4 is 9.80 Å². The van der Waals surface area contributed by atoms with Crippen LogP contribution in [0.2, 0.25) is 0 Å². The van der Waals surface area contributed by atoms with Crippen molar-refractivity contribution in [3.8, 4) is 33.4 Å². The molecule has 1 spiro atoms. The Bertz CT molecular complexity index is 3690. The first-order valence-corrected chi connectivity index (χ1v) is 24.2. The molecule has 0 unspecified atom stereocenters. The van der Waals surface area contributed by atoms with E-state index in [1.54, 1.807) is 0 Å². The minimum Gasteiger partial charge on any atom is -0.310 e. The highest BCUT2D eigenvalue weighted by atomic mass is 32.1. The zero-order chi connectivity index (χ0) is 44.4. The van der Waals surface area contributed by atoms with Gasteiger partial charge in [0, 0.05) is 53.9 Å². The lowest BCUT2D eigenvalue weighted by molar-refractivity contribution is 0.632. The average molecular weight is 873 g/mol. The molecule has 316 valence electrons. The largest absolute Gasteiger partial charge is 0.310 e. The smallest absolute Gasteiger partial charge is 0.0726 e. The van der Waals surface area contributed by atoms with Crippen molar-refractivity contribution in [2.75, 3.05) is 9.80 Å². The Balaban J connectivity index is 0.945. The number of rotatable bonds is 5. The third kappa shape index (κ3) is 5.32. The van der Waals surface area contributed by atoms with Gasteiger partial charge < -0.3 is 9.80 Å². The maximum atomic E-state index is 2.50. The van der Waals surface area contributed by atoms with E-state index in [0.717, 1.165) is 17.1 Å². The minimum absolute atomic E-state index is 0.137. The first-order chi connectivity index (χ1) is 33.0. The fourth-order valence-corrected chi connectivity index (χ4v) is 13.4. The van der Waals surface area contributed by atoms with Gasteiger partial charge >= 0.3 is 0 Å². The van der Waals surface area contributed by atoms with E-state index in [4.69, 9.17) is 0 Å². The van der Waals surface area contributed by atoms with Crippen LogP contribution in [0.25, 0.3) is 53.6 Å². The van der Waals surface area contributed by atoms with Crippen LogP contribution in [0, 0.1) is 0 Å². The fourth-order valence-electron chi connectivity index (χ4n) is 12.1. The van der Waals surface area contributed by atoms with Crippen LogP contribution in [-0.4, -0.2) is 0 Å². The summed E-state index contributed by atoms with van der Waals surface area (Å²) in [6.45, 7) is 4.71. The molecular weight excluding hydrogens is 829 g/mol.